The number of hydrogen-bond donors (Lipinski definition) is 1. The number of thioether (sulfide) groups is 1. The van der Waals surface area contributed by atoms with E-state index in [4.69, 9.17) is 22.1 Å². The highest BCUT2D eigenvalue weighted by molar-refractivity contribution is 7.99. The molecule has 1 aromatic carbocycles. The van der Waals surface area contributed by atoms with Crippen molar-refractivity contribution in [1.29, 1.82) is 0 Å². The molecule has 0 aliphatic heterocycles. The highest BCUT2D eigenvalue weighted by Crippen LogP contribution is 2.32. The highest BCUT2D eigenvalue weighted by atomic mass is 35.5. The predicted octanol–water partition coefficient (Wildman–Crippen LogP) is 3.05. The van der Waals surface area contributed by atoms with Crippen molar-refractivity contribution in [3.8, 4) is 0 Å². The maximum atomic E-state index is 6.01. The molecule has 0 aliphatic rings. The van der Waals surface area contributed by atoms with Crippen LogP contribution in [0.5, 0.6) is 0 Å². The predicted molar refractivity (Wildman–Crippen MR) is 63.1 cm³/mol. The summed E-state index contributed by atoms with van der Waals surface area (Å²) in [7, 11) is 1.70. The number of methoxy groups -OCH3 is 1. The lowest BCUT2D eigenvalue weighted by Gasteiger charge is -2.06. The Morgan fingerprint density at radius 1 is 1.50 bits per heavy atom. The number of anilines is 1. The summed E-state index contributed by atoms with van der Waals surface area (Å²) in [5.41, 5.74) is 6.55. The van der Waals surface area contributed by atoms with Gasteiger partial charge in [0.1, 0.15) is 0 Å². The molecule has 0 saturated carbocycles. The summed E-state index contributed by atoms with van der Waals surface area (Å²) < 4.78 is 4.96. The Morgan fingerprint density at radius 2 is 2.29 bits per heavy atom. The highest BCUT2D eigenvalue weighted by Gasteiger charge is 2.04. The molecule has 2 N–H and O–H groups in total. The van der Waals surface area contributed by atoms with Crippen LogP contribution in [0.15, 0.2) is 23.1 Å². The molecule has 0 bridgehead atoms. The molecule has 78 valence electrons. The van der Waals surface area contributed by atoms with Gasteiger partial charge in [-0.2, -0.15) is 0 Å². The summed E-state index contributed by atoms with van der Waals surface area (Å²) in [5.74, 6) is 0.974. The van der Waals surface area contributed by atoms with Gasteiger partial charge >= 0.3 is 0 Å². The SMILES string of the molecule is COCCCSc1c(N)cccc1Cl. The Labute approximate surface area is 93.8 Å². The molecule has 0 fully saturated rings. The summed E-state index contributed by atoms with van der Waals surface area (Å²) in [5, 5.41) is 0.729. The number of halogens is 1. The van der Waals surface area contributed by atoms with Crippen molar-refractivity contribution in [2.45, 2.75) is 11.3 Å². The Morgan fingerprint density at radius 3 is 2.93 bits per heavy atom. The van der Waals surface area contributed by atoms with E-state index in [-0.39, 0.29) is 0 Å². The van der Waals surface area contributed by atoms with Gasteiger partial charge in [-0.15, -0.1) is 11.8 Å². The van der Waals surface area contributed by atoms with Crippen molar-refractivity contribution in [2.24, 2.45) is 0 Å². The van der Waals surface area contributed by atoms with Crippen LogP contribution in [0.3, 0.4) is 0 Å². The maximum absolute atomic E-state index is 6.01. The smallest absolute Gasteiger partial charge is 0.0562 e. The van der Waals surface area contributed by atoms with Gasteiger partial charge in [0.25, 0.3) is 0 Å². The van der Waals surface area contributed by atoms with E-state index in [0.717, 1.165) is 34.4 Å². The summed E-state index contributed by atoms with van der Waals surface area (Å²) >= 11 is 7.69. The van der Waals surface area contributed by atoms with Gasteiger partial charge in [-0.3, -0.25) is 0 Å². The van der Waals surface area contributed by atoms with Gasteiger partial charge in [-0.1, -0.05) is 17.7 Å². The minimum Gasteiger partial charge on any atom is -0.398 e. The lowest BCUT2D eigenvalue weighted by molar-refractivity contribution is 0.200. The topological polar surface area (TPSA) is 35.2 Å². The molecule has 0 radical (unpaired) electrons. The third kappa shape index (κ3) is 3.40. The molecule has 2 nitrogen and oxygen atoms in total. The molecule has 14 heavy (non-hydrogen) atoms. The molecule has 0 unspecified atom stereocenters. The van der Waals surface area contributed by atoms with Crippen LogP contribution in [-0.2, 0) is 4.74 Å². The number of hydrogen-bond acceptors (Lipinski definition) is 3. The van der Waals surface area contributed by atoms with Crippen LogP contribution >= 0.6 is 23.4 Å². The van der Waals surface area contributed by atoms with Crippen LogP contribution < -0.4 is 5.73 Å². The Hall–Kier alpha value is -0.380. The van der Waals surface area contributed by atoms with Gasteiger partial charge in [-0.25, -0.2) is 0 Å². The first-order chi connectivity index (χ1) is 6.75. The van der Waals surface area contributed by atoms with Crippen LogP contribution in [0, 0.1) is 0 Å². The van der Waals surface area contributed by atoms with Crippen LogP contribution in [0.4, 0.5) is 5.69 Å². The van der Waals surface area contributed by atoms with Gasteiger partial charge in [0.15, 0.2) is 0 Å². The van der Waals surface area contributed by atoms with Gasteiger partial charge in [0, 0.05) is 30.1 Å². The zero-order valence-corrected chi connectivity index (χ0v) is 9.70. The lowest BCUT2D eigenvalue weighted by Crippen LogP contribution is -1.93. The molecular formula is C10H14ClNOS. The van der Waals surface area contributed by atoms with Crippen LogP contribution in [0.25, 0.3) is 0 Å². The molecule has 0 amide bonds. The quantitative estimate of drug-likeness (QED) is 0.481. The largest absolute Gasteiger partial charge is 0.398 e. The van der Waals surface area contributed by atoms with E-state index in [1.54, 1.807) is 18.9 Å². The lowest BCUT2D eigenvalue weighted by atomic mass is 10.3. The normalized spacial score (nSPS) is 10.4. The van der Waals surface area contributed by atoms with E-state index in [1.165, 1.54) is 0 Å². The zero-order chi connectivity index (χ0) is 10.4. The van der Waals surface area contributed by atoms with E-state index < -0.39 is 0 Å². The minimum absolute atomic E-state index is 0.729. The third-order valence-corrected chi connectivity index (χ3v) is 3.40. The average molecular weight is 232 g/mol. The van der Waals surface area contributed by atoms with Crippen molar-refractivity contribution >= 4 is 29.1 Å². The number of ether oxygens (including phenoxy) is 1. The summed E-state index contributed by atoms with van der Waals surface area (Å²) in [6.07, 6.45) is 1.01. The number of benzene rings is 1. The molecule has 0 heterocycles. The fraction of sp³-hybridized carbons (Fsp3) is 0.400. The zero-order valence-electron chi connectivity index (χ0n) is 8.13. The first-order valence-electron chi connectivity index (χ1n) is 4.41. The fourth-order valence-corrected chi connectivity index (χ4v) is 2.31. The maximum Gasteiger partial charge on any atom is 0.0562 e. The van der Waals surface area contributed by atoms with Crippen LogP contribution in [0.1, 0.15) is 6.42 Å². The Kier molecular flexibility index (Phi) is 5.15. The summed E-state index contributed by atoms with van der Waals surface area (Å²) in [4.78, 5) is 0.977. The number of rotatable bonds is 5. The second kappa shape index (κ2) is 6.17. The van der Waals surface area contributed by atoms with E-state index >= 15 is 0 Å². The third-order valence-electron chi connectivity index (χ3n) is 1.74. The average Bonchev–Trinajstić information content (AvgIpc) is 2.16. The second-order valence-electron chi connectivity index (χ2n) is 2.85. The molecular weight excluding hydrogens is 218 g/mol. The molecule has 0 aromatic heterocycles. The van der Waals surface area contributed by atoms with Crippen molar-refractivity contribution in [2.75, 3.05) is 25.2 Å². The van der Waals surface area contributed by atoms with Crippen molar-refractivity contribution < 1.29 is 4.74 Å². The molecule has 0 saturated heterocycles. The van der Waals surface area contributed by atoms with E-state index in [9.17, 15) is 0 Å². The molecule has 0 aliphatic carbocycles. The minimum atomic E-state index is 0.729. The Bertz CT molecular complexity index is 273. The van der Waals surface area contributed by atoms with E-state index in [0.29, 0.717) is 0 Å². The van der Waals surface area contributed by atoms with Gasteiger partial charge in [-0.05, 0) is 18.6 Å². The molecule has 1 rings (SSSR count). The van der Waals surface area contributed by atoms with Crippen LogP contribution in [0.2, 0.25) is 5.02 Å². The van der Waals surface area contributed by atoms with Crippen molar-refractivity contribution in [1.82, 2.24) is 0 Å². The molecule has 4 heteroatoms. The van der Waals surface area contributed by atoms with Gasteiger partial charge in [0.05, 0.1) is 5.02 Å². The number of nitrogen functional groups attached to an aromatic ring is 1. The fourth-order valence-electron chi connectivity index (χ4n) is 1.06. The van der Waals surface area contributed by atoms with Crippen molar-refractivity contribution in [3.63, 3.8) is 0 Å². The van der Waals surface area contributed by atoms with Crippen LogP contribution in [-0.4, -0.2) is 19.5 Å². The standard InChI is InChI=1S/C10H14ClNOS/c1-13-6-3-7-14-10-8(11)4-2-5-9(10)12/h2,4-5H,3,6-7,12H2,1H3. The Balaban J connectivity index is 2.49. The first kappa shape index (κ1) is 11.7. The molecule has 0 atom stereocenters. The summed E-state index contributed by atoms with van der Waals surface area (Å²) in [6.45, 7) is 0.775. The first-order valence-corrected chi connectivity index (χ1v) is 5.77. The van der Waals surface area contributed by atoms with Gasteiger partial charge < -0.3 is 10.5 Å². The molecule has 0 spiro atoms. The monoisotopic (exact) mass is 231 g/mol. The number of nitrogens with two attached hydrogens (primary N) is 1. The summed E-state index contributed by atoms with van der Waals surface area (Å²) in [6, 6.07) is 5.58. The van der Waals surface area contributed by atoms with E-state index in [2.05, 4.69) is 0 Å². The molecule has 1 aromatic rings. The second-order valence-corrected chi connectivity index (χ2v) is 4.37. The van der Waals surface area contributed by atoms with Gasteiger partial charge in [0.2, 0.25) is 0 Å². The van der Waals surface area contributed by atoms with Crippen molar-refractivity contribution in [3.05, 3.63) is 23.2 Å². The van der Waals surface area contributed by atoms with E-state index in [1.807, 2.05) is 18.2 Å².